The van der Waals surface area contributed by atoms with Crippen molar-refractivity contribution in [3.05, 3.63) is 82.4 Å². The molecule has 2 amide bonds. The number of nitrogens with zero attached hydrogens (tertiary/aromatic N) is 1. The highest BCUT2D eigenvalue weighted by Gasteiger charge is 2.29. The van der Waals surface area contributed by atoms with Crippen molar-refractivity contribution in [3.8, 4) is 0 Å². The van der Waals surface area contributed by atoms with Gasteiger partial charge in [0.15, 0.2) is 5.70 Å². The van der Waals surface area contributed by atoms with E-state index < -0.39 is 11.7 Å². The van der Waals surface area contributed by atoms with Crippen molar-refractivity contribution < 1.29 is 24.6 Å². The molecule has 1 aliphatic carbocycles. The van der Waals surface area contributed by atoms with Crippen LogP contribution in [0, 0.1) is 5.82 Å². The van der Waals surface area contributed by atoms with Crippen molar-refractivity contribution in [2.24, 2.45) is 0 Å². The van der Waals surface area contributed by atoms with E-state index in [0.717, 1.165) is 24.1 Å². The van der Waals surface area contributed by atoms with E-state index in [2.05, 4.69) is 29.1 Å². The molecule has 0 fully saturated rings. The van der Waals surface area contributed by atoms with Gasteiger partial charge in [0, 0.05) is 5.56 Å². The van der Waals surface area contributed by atoms with Gasteiger partial charge in [-0.2, -0.15) is 0 Å². The van der Waals surface area contributed by atoms with Crippen molar-refractivity contribution in [2.45, 2.75) is 57.5 Å². The zero-order chi connectivity index (χ0) is 24.1. The first-order valence-corrected chi connectivity index (χ1v) is 11.6. The van der Waals surface area contributed by atoms with Crippen molar-refractivity contribution in [1.82, 2.24) is 21.3 Å². The lowest BCUT2D eigenvalue weighted by Gasteiger charge is -2.25. The minimum atomic E-state index is -0.468. The summed E-state index contributed by atoms with van der Waals surface area (Å²) in [6.07, 6.45) is 7.18. The Bertz CT molecular complexity index is 1070. The number of halogens is 1. The number of aryl methyl sites for hydroxylation is 2. The standard InChI is InChI=1S/C25H30FN5O3/c1-16(27-25(33)19-8-10-21(26)11-9-19)23-15-31(30-28-23)22(14-24(32)29-34)13-17-6-7-18-4-2-3-5-20(18)12-17/h6-12,15-16,22,28,30,34H,2-5,13-14H2,1H3,(H,27,33)(H,29,32)/p+1. The van der Waals surface area contributed by atoms with Crippen molar-refractivity contribution in [2.75, 3.05) is 0 Å². The Morgan fingerprint density at radius 1 is 1.15 bits per heavy atom. The molecule has 0 bridgehead atoms. The molecule has 4 rings (SSSR count). The molecule has 8 nitrogen and oxygen atoms in total. The minimum absolute atomic E-state index is 0.0918. The molecule has 1 aliphatic heterocycles. The van der Waals surface area contributed by atoms with Crippen LogP contribution in [0.3, 0.4) is 0 Å². The number of hydroxylamine groups is 1. The summed E-state index contributed by atoms with van der Waals surface area (Å²) >= 11 is 0. The number of hydrazine groups is 1. The van der Waals surface area contributed by atoms with Crippen molar-refractivity contribution in [1.29, 1.82) is 0 Å². The number of carbonyl (C=O) groups is 2. The summed E-state index contributed by atoms with van der Waals surface area (Å²) in [5, 5.41) is 13.8. The molecule has 34 heavy (non-hydrogen) atoms. The largest absolute Gasteiger partial charge is 0.340 e. The normalized spacial score (nSPS) is 16.9. The van der Waals surface area contributed by atoms with E-state index in [1.54, 1.807) is 10.9 Å². The van der Waals surface area contributed by atoms with Crippen LogP contribution < -0.4 is 21.8 Å². The van der Waals surface area contributed by atoms with Crippen LogP contribution in [0.15, 0.2) is 54.4 Å². The van der Waals surface area contributed by atoms with E-state index in [4.69, 9.17) is 5.21 Å². The highest BCUT2D eigenvalue weighted by molar-refractivity contribution is 5.94. The Morgan fingerprint density at radius 3 is 2.62 bits per heavy atom. The summed E-state index contributed by atoms with van der Waals surface area (Å²) < 4.78 is 13.1. The zero-order valence-electron chi connectivity index (χ0n) is 19.2. The minimum Gasteiger partial charge on any atom is -0.340 e. The number of hydrogen-bond donors (Lipinski definition) is 5. The molecular weight excluding hydrogens is 437 g/mol. The van der Waals surface area contributed by atoms with Gasteiger partial charge in [-0.3, -0.25) is 19.8 Å². The second-order valence-corrected chi connectivity index (χ2v) is 8.92. The quantitative estimate of drug-likeness (QED) is 0.229. The molecule has 0 saturated heterocycles. The molecule has 0 saturated carbocycles. The van der Waals surface area contributed by atoms with Gasteiger partial charge in [-0.15, -0.1) is 0 Å². The number of rotatable bonds is 8. The fraction of sp³-hybridized carbons (Fsp3) is 0.360. The van der Waals surface area contributed by atoms with E-state index in [1.165, 1.54) is 48.2 Å². The Morgan fingerprint density at radius 2 is 1.88 bits per heavy atom. The first kappa shape index (κ1) is 23.9. The number of carbonyl (C=O) groups excluding carboxylic acids is 2. The lowest BCUT2D eigenvalue weighted by atomic mass is 9.89. The van der Waals surface area contributed by atoms with Gasteiger partial charge in [-0.1, -0.05) is 23.7 Å². The Labute approximate surface area is 198 Å². The van der Waals surface area contributed by atoms with E-state index >= 15 is 0 Å². The van der Waals surface area contributed by atoms with E-state index in [9.17, 15) is 14.0 Å². The van der Waals surface area contributed by atoms with Gasteiger partial charge >= 0.3 is 0 Å². The first-order chi connectivity index (χ1) is 16.4. The van der Waals surface area contributed by atoms with Crippen LogP contribution in [0.5, 0.6) is 0 Å². The van der Waals surface area contributed by atoms with Crippen LogP contribution in [-0.2, 0) is 24.1 Å². The molecule has 2 aromatic carbocycles. The number of quaternary nitrogens is 1. The number of amides is 2. The van der Waals surface area contributed by atoms with Gasteiger partial charge < -0.3 is 5.32 Å². The van der Waals surface area contributed by atoms with E-state index in [-0.39, 0.29) is 24.4 Å². The third-order valence-corrected chi connectivity index (χ3v) is 6.45. The second-order valence-electron chi connectivity index (χ2n) is 8.92. The molecule has 180 valence electrons. The second kappa shape index (κ2) is 10.8. The number of nitrogens with two attached hydrogens (primary N) is 1. The molecule has 2 aliphatic rings. The molecule has 1 heterocycles. The maximum Gasteiger partial charge on any atom is 0.251 e. The Hall–Kier alpha value is -3.27. The number of hydrogen-bond acceptors (Lipinski definition) is 5. The fourth-order valence-electron chi connectivity index (χ4n) is 4.51. The first-order valence-electron chi connectivity index (χ1n) is 11.6. The van der Waals surface area contributed by atoms with Crippen LogP contribution in [0.4, 0.5) is 4.39 Å². The molecule has 2 aromatic rings. The van der Waals surface area contributed by atoms with Crippen LogP contribution in [0.1, 0.15) is 53.2 Å². The van der Waals surface area contributed by atoms with Gasteiger partial charge in [0.05, 0.1) is 18.7 Å². The predicted molar refractivity (Wildman–Crippen MR) is 123 cm³/mol. The van der Waals surface area contributed by atoms with Gasteiger partial charge in [0.25, 0.3) is 5.91 Å². The molecule has 2 unspecified atom stereocenters. The van der Waals surface area contributed by atoms with Crippen LogP contribution in [-0.4, -0.2) is 34.1 Å². The average molecular weight is 469 g/mol. The summed E-state index contributed by atoms with van der Waals surface area (Å²) in [7, 11) is 0. The van der Waals surface area contributed by atoms with Gasteiger partial charge in [-0.25, -0.2) is 15.3 Å². The SMILES string of the molecule is CC(NC(=O)c1ccc(F)cc1)C1=CN(C(CC(=O)NO)Cc2ccc3c(c2)CCCC3)N[NH2+]1. The van der Waals surface area contributed by atoms with Gasteiger partial charge in [-0.05, 0) is 80.0 Å². The average Bonchev–Trinajstić information content (AvgIpc) is 3.34. The number of fused-ring (bicyclic) bond motifs is 1. The maximum absolute atomic E-state index is 13.1. The Balaban J connectivity index is 1.45. The predicted octanol–water partition coefficient (Wildman–Crippen LogP) is 1.47. The summed E-state index contributed by atoms with van der Waals surface area (Å²) in [5.74, 6) is -1.16. The third-order valence-electron chi connectivity index (χ3n) is 6.45. The third kappa shape index (κ3) is 5.80. The lowest BCUT2D eigenvalue weighted by molar-refractivity contribution is -0.680. The van der Waals surface area contributed by atoms with Crippen molar-refractivity contribution in [3.63, 3.8) is 0 Å². The smallest absolute Gasteiger partial charge is 0.251 e. The molecule has 2 atom stereocenters. The molecule has 0 spiro atoms. The van der Waals surface area contributed by atoms with Crippen molar-refractivity contribution >= 4 is 11.8 Å². The molecule has 9 heteroatoms. The highest BCUT2D eigenvalue weighted by atomic mass is 19.1. The molecule has 0 aromatic heterocycles. The molecule has 6 N–H and O–H groups in total. The summed E-state index contributed by atoms with van der Waals surface area (Å²) in [4.78, 5) is 24.5. The van der Waals surface area contributed by atoms with Crippen LogP contribution in [0.25, 0.3) is 0 Å². The number of nitrogens with one attached hydrogen (secondary N) is 3. The fourth-order valence-corrected chi connectivity index (χ4v) is 4.51. The highest BCUT2D eigenvalue weighted by Crippen LogP contribution is 2.24. The maximum atomic E-state index is 13.1. The van der Waals surface area contributed by atoms with Crippen LogP contribution in [0.2, 0.25) is 0 Å². The summed E-state index contributed by atoms with van der Waals surface area (Å²) in [6.45, 7) is 1.86. The van der Waals surface area contributed by atoms with Crippen LogP contribution >= 0.6 is 0 Å². The summed E-state index contributed by atoms with van der Waals surface area (Å²) in [5.41, 5.74) is 11.8. The Kier molecular flexibility index (Phi) is 7.56. The van der Waals surface area contributed by atoms with Gasteiger partial charge in [0.2, 0.25) is 5.91 Å². The molecule has 0 radical (unpaired) electrons. The topological polar surface area (TPSA) is 110 Å². The van der Waals surface area contributed by atoms with E-state index in [1.807, 2.05) is 18.1 Å². The molecular formula is C25H31FN5O3+. The lowest BCUT2D eigenvalue weighted by Crippen LogP contribution is -2.92. The van der Waals surface area contributed by atoms with E-state index in [0.29, 0.717) is 12.0 Å². The number of benzene rings is 2. The monoisotopic (exact) mass is 468 g/mol. The zero-order valence-corrected chi connectivity index (χ0v) is 19.2. The summed E-state index contributed by atoms with van der Waals surface area (Å²) in [6, 6.07) is 11.4. The van der Waals surface area contributed by atoms with Gasteiger partial charge in [0.1, 0.15) is 11.9 Å².